The van der Waals surface area contributed by atoms with Gasteiger partial charge in [-0.25, -0.2) is 8.42 Å². The lowest BCUT2D eigenvalue weighted by atomic mass is 10.00. The van der Waals surface area contributed by atoms with Crippen molar-refractivity contribution in [1.29, 1.82) is 0 Å². The summed E-state index contributed by atoms with van der Waals surface area (Å²) in [6.45, 7) is 3.24. The van der Waals surface area contributed by atoms with Gasteiger partial charge in [-0.2, -0.15) is 4.31 Å². The highest BCUT2D eigenvalue weighted by Gasteiger charge is 2.38. The number of piperidine rings is 1. The number of ether oxygens (including phenoxy) is 1. The van der Waals surface area contributed by atoms with E-state index in [-0.39, 0.29) is 11.8 Å². The monoisotopic (exact) mass is 290 g/mol. The number of rotatable bonds is 8. The summed E-state index contributed by atoms with van der Waals surface area (Å²) in [5.41, 5.74) is 0. The van der Waals surface area contributed by atoms with Gasteiger partial charge in [0.15, 0.2) is 0 Å². The van der Waals surface area contributed by atoms with Gasteiger partial charge in [0, 0.05) is 26.3 Å². The molecule has 0 spiro atoms. The van der Waals surface area contributed by atoms with Gasteiger partial charge in [-0.05, 0) is 51.1 Å². The average molecular weight is 290 g/mol. The van der Waals surface area contributed by atoms with Gasteiger partial charge in [0.25, 0.3) is 0 Å². The van der Waals surface area contributed by atoms with E-state index in [9.17, 15) is 8.42 Å². The maximum Gasteiger partial charge on any atom is 0.214 e. The van der Waals surface area contributed by atoms with Crippen LogP contribution in [0.25, 0.3) is 0 Å². The molecular formula is C13H26N2O3S. The molecule has 0 aromatic heterocycles. The molecule has 0 bridgehead atoms. The maximum absolute atomic E-state index is 12.4. The van der Waals surface area contributed by atoms with Crippen LogP contribution >= 0.6 is 0 Å². The van der Waals surface area contributed by atoms with Crippen LogP contribution in [0.5, 0.6) is 0 Å². The van der Waals surface area contributed by atoms with Crippen molar-refractivity contribution in [2.75, 3.05) is 39.1 Å². The van der Waals surface area contributed by atoms with Crippen molar-refractivity contribution in [3.63, 3.8) is 0 Å². The van der Waals surface area contributed by atoms with Gasteiger partial charge in [0.05, 0.1) is 5.75 Å². The van der Waals surface area contributed by atoms with Crippen LogP contribution in [0.3, 0.4) is 0 Å². The van der Waals surface area contributed by atoms with E-state index < -0.39 is 10.0 Å². The highest BCUT2D eigenvalue weighted by molar-refractivity contribution is 7.89. The Balaban J connectivity index is 1.90. The Kier molecular flexibility index (Phi) is 5.62. The first-order valence-electron chi connectivity index (χ1n) is 7.32. The molecule has 0 aromatic rings. The molecule has 1 atom stereocenters. The minimum atomic E-state index is -3.11. The second-order valence-corrected chi connectivity index (χ2v) is 7.72. The van der Waals surface area contributed by atoms with Crippen molar-refractivity contribution < 1.29 is 13.2 Å². The molecule has 1 saturated carbocycles. The summed E-state index contributed by atoms with van der Waals surface area (Å²) < 4.78 is 31.5. The topological polar surface area (TPSA) is 58.6 Å². The van der Waals surface area contributed by atoms with Crippen LogP contribution in [0.1, 0.15) is 32.1 Å². The Labute approximate surface area is 116 Å². The predicted octanol–water partition coefficient (Wildman–Crippen LogP) is 0.817. The predicted molar refractivity (Wildman–Crippen MR) is 75.6 cm³/mol. The molecule has 0 amide bonds. The van der Waals surface area contributed by atoms with E-state index in [1.165, 1.54) is 0 Å². The van der Waals surface area contributed by atoms with E-state index in [1.807, 2.05) is 0 Å². The zero-order valence-corrected chi connectivity index (χ0v) is 12.6. The van der Waals surface area contributed by atoms with Crippen LogP contribution in [0.2, 0.25) is 0 Å². The van der Waals surface area contributed by atoms with Crippen molar-refractivity contribution in [2.45, 2.75) is 38.1 Å². The second kappa shape index (κ2) is 7.02. The van der Waals surface area contributed by atoms with Crippen LogP contribution in [-0.4, -0.2) is 57.9 Å². The first kappa shape index (κ1) is 15.2. The van der Waals surface area contributed by atoms with E-state index in [2.05, 4.69) is 5.32 Å². The van der Waals surface area contributed by atoms with E-state index in [1.54, 1.807) is 11.4 Å². The summed E-state index contributed by atoms with van der Waals surface area (Å²) in [5, 5.41) is 3.36. The maximum atomic E-state index is 12.4. The summed E-state index contributed by atoms with van der Waals surface area (Å²) in [6, 6.07) is 0.273. The lowest BCUT2D eigenvalue weighted by Gasteiger charge is -2.29. The van der Waals surface area contributed by atoms with Crippen molar-refractivity contribution in [3.8, 4) is 0 Å². The summed E-state index contributed by atoms with van der Waals surface area (Å²) in [6.07, 6.45) is 4.95. The molecule has 1 N–H and O–H groups in total. The Hall–Kier alpha value is -0.170. The van der Waals surface area contributed by atoms with Gasteiger partial charge in [-0.3, -0.25) is 0 Å². The third-order valence-electron chi connectivity index (χ3n) is 3.90. The van der Waals surface area contributed by atoms with E-state index in [0.29, 0.717) is 25.5 Å². The van der Waals surface area contributed by atoms with Crippen LogP contribution in [0.4, 0.5) is 0 Å². The van der Waals surface area contributed by atoms with Crippen LogP contribution < -0.4 is 5.32 Å². The lowest BCUT2D eigenvalue weighted by Crippen LogP contribution is -2.43. The number of hydrogen-bond acceptors (Lipinski definition) is 4. The second-order valence-electron chi connectivity index (χ2n) is 5.68. The van der Waals surface area contributed by atoms with Crippen LogP contribution in [0, 0.1) is 5.92 Å². The Morgan fingerprint density at radius 2 is 2.11 bits per heavy atom. The largest absolute Gasteiger partial charge is 0.385 e. The van der Waals surface area contributed by atoms with Crippen LogP contribution in [-0.2, 0) is 14.8 Å². The molecule has 1 heterocycles. The van der Waals surface area contributed by atoms with Crippen molar-refractivity contribution in [1.82, 2.24) is 9.62 Å². The van der Waals surface area contributed by atoms with E-state index in [0.717, 1.165) is 38.8 Å². The molecule has 5 nitrogen and oxygen atoms in total. The first-order chi connectivity index (χ1) is 9.13. The van der Waals surface area contributed by atoms with Gasteiger partial charge < -0.3 is 10.1 Å². The number of nitrogens with one attached hydrogen (secondary N) is 1. The summed E-state index contributed by atoms with van der Waals surface area (Å²) in [5.74, 6) is 0.698. The van der Waals surface area contributed by atoms with Crippen molar-refractivity contribution in [3.05, 3.63) is 0 Å². The van der Waals surface area contributed by atoms with Crippen LogP contribution in [0.15, 0.2) is 0 Å². The number of methoxy groups -OCH3 is 1. The number of hydrogen-bond donors (Lipinski definition) is 1. The van der Waals surface area contributed by atoms with Crippen molar-refractivity contribution >= 4 is 10.0 Å². The summed E-state index contributed by atoms with van der Waals surface area (Å²) in [7, 11) is -1.50. The molecule has 1 saturated heterocycles. The molecule has 0 aromatic carbocycles. The quantitative estimate of drug-likeness (QED) is 0.672. The Morgan fingerprint density at radius 1 is 1.32 bits per heavy atom. The Morgan fingerprint density at radius 3 is 2.68 bits per heavy atom. The summed E-state index contributed by atoms with van der Waals surface area (Å²) in [4.78, 5) is 0. The third-order valence-corrected chi connectivity index (χ3v) is 5.87. The zero-order valence-electron chi connectivity index (χ0n) is 11.8. The van der Waals surface area contributed by atoms with Gasteiger partial charge in [0.2, 0.25) is 10.0 Å². The van der Waals surface area contributed by atoms with Gasteiger partial charge in [0.1, 0.15) is 0 Å². The molecule has 0 radical (unpaired) electrons. The zero-order chi connectivity index (χ0) is 13.7. The fourth-order valence-electron chi connectivity index (χ4n) is 2.69. The fraction of sp³-hybridized carbons (Fsp3) is 1.00. The van der Waals surface area contributed by atoms with Gasteiger partial charge in [-0.1, -0.05) is 0 Å². The van der Waals surface area contributed by atoms with Crippen molar-refractivity contribution in [2.24, 2.45) is 5.92 Å². The Bertz CT molecular complexity index is 362. The van der Waals surface area contributed by atoms with Gasteiger partial charge >= 0.3 is 0 Å². The molecule has 2 aliphatic rings. The molecule has 6 heteroatoms. The minimum Gasteiger partial charge on any atom is -0.385 e. The van der Waals surface area contributed by atoms with E-state index >= 15 is 0 Å². The molecule has 2 fully saturated rings. The minimum absolute atomic E-state index is 0.220. The third kappa shape index (κ3) is 4.70. The highest BCUT2D eigenvalue weighted by Crippen LogP contribution is 2.31. The number of sulfonamides is 1. The first-order valence-corrected chi connectivity index (χ1v) is 8.93. The molecule has 1 aliphatic carbocycles. The average Bonchev–Trinajstić information content (AvgIpc) is 3.21. The molecule has 1 aliphatic heterocycles. The molecule has 2 rings (SSSR count). The fourth-order valence-corrected chi connectivity index (χ4v) is 4.51. The molecule has 19 heavy (non-hydrogen) atoms. The normalized spacial score (nSPS) is 24.8. The molecule has 112 valence electrons. The molecular weight excluding hydrogens is 264 g/mol. The standard InChI is InChI=1S/C13H26N2O3S/c1-18-8-3-9-19(16,17)15(13-5-6-13)11-12-4-2-7-14-10-12/h12-14H,2-11H2,1H3. The highest BCUT2D eigenvalue weighted by atomic mass is 32.2. The smallest absolute Gasteiger partial charge is 0.214 e. The summed E-state index contributed by atoms with van der Waals surface area (Å²) >= 11 is 0. The number of nitrogens with zero attached hydrogens (tertiary/aromatic N) is 1. The lowest BCUT2D eigenvalue weighted by molar-refractivity contribution is 0.199. The van der Waals surface area contributed by atoms with Gasteiger partial charge in [-0.15, -0.1) is 0 Å². The SMILES string of the molecule is COCCCS(=O)(=O)N(CC1CCCNC1)C1CC1. The van der Waals surface area contributed by atoms with E-state index in [4.69, 9.17) is 4.74 Å². The molecule has 1 unspecified atom stereocenters.